The van der Waals surface area contributed by atoms with Crippen LogP contribution in [0.5, 0.6) is 5.75 Å². The minimum atomic E-state index is -1.94. The maximum absolute atomic E-state index is 15.7. The van der Waals surface area contributed by atoms with Gasteiger partial charge < -0.3 is 28.8 Å². The molecule has 3 aliphatic heterocycles. The Morgan fingerprint density at radius 1 is 0.873 bits per heavy atom. The zero-order valence-electron chi connectivity index (χ0n) is 29.9. The quantitative estimate of drug-likeness (QED) is 0.0605. The molecule has 7 rings (SSSR count). The molecule has 0 aliphatic carbocycles. The van der Waals surface area contributed by atoms with Crippen LogP contribution in [0.3, 0.4) is 0 Å². The van der Waals surface area contributed by atoms with Gasteiger partial charge in [-0.3, -0.25) is 19.3 Å². The van der Waals surface area contributed by atoms with Gasteiger partial charge in [0, 0.05) is 10.7 Å². The van der Waals surface area contributed by atoms with Crippen molar-refractivity contribution in [3.8, 4) is 5.75 Å². The molecule has 55 heavy (non-hydrogen) atoms. The molecule has 3 heterocycles. The van der Waals surface area contributed by atoms with Gasteiger partial charge in [0.2, 0.25) is 5.91 Å². The van der Waals surface area contributed by atoms with Crippen molar-refractivity contribution in [2.75, 3.05) is 45.0 Å². The maximum Gasteiger partial charge on any atom is 0.421 e. The number of amides is 2. The number of anilines is 1. The summed E-state index contributed by atoms with van der Waals surface area (Å²) in [7, 11) is 1.46. The topological polar surface area (TPSA) is 141 Å². The molecule has 6 unspecified atom stereocenters. The number of nitrogens with zero attached hydrogens (tertiary/aromatic N) is 2. The van der Waals surface area contributed by atoms with Crippen LogP contribution >= 0.6 is 22.6 Å². The lowest BCUT2D eigenvalue weighted by molar-refractivity contribution is -0.180. The van der Waals surface area contributed by atoms with Crippen LogP contribution < -0.4 is 9.64 Å². The molecule has 1 N–H and O–H groups in total. The molecule has 4 aromatic rings. The van der Waals surface area contributed by atoms with E-state index in [1.807, 2.05) is 65.6 Å². The third kappa shape index (κ3) is 6.68. The van der Waals surface area contributed by atoms with Crippen LogP contribution in [0.1, 0.15) is 40.4 Å². The highest BCUT2D eigenvalue weighted by molar-refractivity contribution is 14.1. The highest BCUT2D eigenvalue weighted by atomic mass is 127. The molecule has 2 saturated heterocycles. The molecule has 3 aliphatic rings. The molecule has 12 nitrogen and oxygen atoms in total. The smallest absolute Gasteiger partial charge is 0.421 e. The predicted molar refractivity (Wildman–Crippen MR) is 208 cm³/mol. The number of benzene rings is 4. The fraction of sp³-hybridized carbons (Fsp3) is 0.286. The number of morpholine rings is 1. The molecule has 13 heteroatoms. The summed E-state index contributed by atoms with van der Waals surface area (Å²) in [5.41, 5.74) is 0.648. The number of methoxy groups -OCH3 is 1. The minimum Gasteiger partial charge on any atom is -0.491 e. The number of hydrogen-bond acceptors (Lipinski definition) is 11. The van der Waals surface area contributed by atoms with E-state index < -0.39 is 59.5 Å². The Hall–Kier alpha value is -5.09. The standard InChI is InChI=1S/C42H39IN2O10/c1-3-21-53-38(47)33-35-39(48)55-36(27-12-8-5-9-13-27)34(26-10-6-4-7-11-26)45(35)37(28-14-17-30(18-15-28)52-22-20-46)42(33)31-25-29(43)16-19-32(31)44(40(42)49)41(50)54-24-23-51-2/h3-19,25,33-37,46H,1,20-24H2,2H3. The van der Waals surface area contributed by atoms with E-state index in [4.69, 9.17) is 23.7 Å². The number of halogens is 1. The van der Waals surface area contributed by atoms with Crippen molar-refractivity contribution >= 4 is 52.2 Å². The first-order valence-electron chi connectivity index (χ1n) is 17.8. The molecule has 4 aromatic carbocycles. The van der Waals surface area contributed by atoms with Crippen LogP contribution in [0.2, 0.25) is 0 Å². The largest absolute Gasteiger partial charge is 0.491 e. The highest BCUT2D eigenvalue weighted by Gasteiger charge is 2.76. The van der Waals surface area contributed by atoms with E-state index in [1.165, 1.54) is 13.2 Å². The van der Waals surface area contributed by atoms with Gasteiger partial charge in [0.25, 0.3) is 0 Å². The minimum absolute atomic E-state index is 0.0588. The molecule has 0 radical (unpaired) electrons. The Kier molecular flexibility index (Phi) is 11.3. The maximum atomic E-state index is 15.7. The number of hydrogen-bond donors (Lipinski definition) is 1. The lowest BCUT2D eigenvalue weighted by Crippen LogP contribution is -2.53. The number of fused-ring (bicyclic) bond motifs is 3. The molecule has 1 spiro atoms. The lowest BCUT2D eigenvalue weighted by atomic mass is 9.65. The number of imide groups is 1. The van der Waals surface area contributed by atoms with Gasteiger partial charge in [0.1, 0.15) is 49.0 Å². The van der Waals surface area contributed by atoms with Gasteiger partial charge in [0.05, 0.1) is 31.0 Å². The number of carbonyl (C=O) groups is 4. The van der Waals surface area contributed by atoms with Crippen LogP contribution in [0.25, 0.3) is 0 Å². The Balaban J connectivity index is 1.55. The van der Waals surface area contributed by atoms with E-state index in [2.05, 4.69) is 29.2 Å². The number of ether oxygens (including phenoxy) is 5. The van der Waals surface area contributed by atoms with Crippen LogP contribution in [0.4, 0.5) is 10.5 Å². The summed E-state index contributed by atoms with van der Waals surface area (Å²) in [6.07, 6.45) is -0.422. The van der Waals surface area contributed by atoms with E-state index in [9.17, 15) is 19.5 Å². The third-order valence-corrected chi connectivity index (χ3v) is 10.9. The third-order valence-electron chi connectivity index (χ3n) is 10.3. The summed E-state index contributed by atoms with van der Waals surface area (Å²) in [5, 5.41) is 9.42. The van der Waals surface area contributed by atoms with E-state index in [1.54, 1.807) is 42.5 Å². The average molecular weight is 859 g/mol. The second kappa shape index (κ2) is 16.3. The summed E-state index contributed by atoms with van der Waals surface area (Å²) in [5.74, 6) is -3.38. The van der Waals surface area contributed by atoms with Gasteiger partial charge in [-0.15, -0.1) is 0 Å². The van der Waals surface area contributed by atoms with Crippen molar-refractivity contribution in [2.45, 2.75) is 29.6 Å². The van der Waals surface area contributed by atoms with Gasteiger partial charge in [-0.05, 0) is 75.2 Å². The fourth-order valence-corrected chi connectivity index (χ4v) is 8.73. The van der Waals surface area contributed by atoms with Crippen LogP contribution in [-0.2, 0) is 38.7 Å². The summed E-state index contributed by atoms with van der Waals surface area (Å²) in [6, 6.07) is 27.7. The summed E-state index contributed by atoms with van der Waals surface area (Å²) >= 11 is 2.12. The molecular formula is C42H39IN2O10. The van der Waals surface area contributed by atoms with E-state index in [-0.39, 0.29) is 38.7 Å². The van der Waals surface area contributed by atoms with Crippen molar-refractivity contribution in [1.29, 1.82) is 0 Å². The molecule has 2 fully saturated rings. The zero-order chi connectivity index (χ0) is 38.7. The number of rotatable bonds is 12. The Labute approximate surface area is 331 Å². The summed E-state index contributed by atoms with van der Waals surface area (Å²) in [6.45, 7) is 3.33. The van der Waals surface area contributed by atoms with Gasteiger partial charge in [-0.2, -0.15) is 0 Å². The number of cyclic esters (lactones) is 1. The van der Waals surface area contributed by atoms with Crippen molar-refractivity contribution < 1.29 is 48.0 Å². The van der Waals surface area contributed by atoms with Crippen molar-refractivity contribution in [2.24, 2.45) is 5.92 Å². The predicted octanol–water partition coefficient (Wildman–Crippen LogP) is 5.84. The lowest BCUT2D eigenvalue weighted by Gasteiger charge is -2.46. The molecule has 6 atom stereocenters. The van der Waals surface area contributed by atoms with Gasteiger partial charge >= 0.3 is 18.0 Å². The van der Waals surface area contributed by atoms with Crippen LogP contribution in [0, 0.1) is 9.49 Å². The molecule has 0 saturated carbocycles. The Bertz CT molecular complexity index is 2060. The Morgan fingerprint density at radius 3 is 2.22 bits per heavy atom. The van der Waals surface area contributed by atoms with Crippen molar-refractivity contribution in [3.05, 3.63) is 142 Å². The normalized spacial score (nSPS) is 24.2. The second-order valence-electron chi connectivity index (χ2n) is 13.2. The van der Waals surface area contributed by atoms with Crippen LogP contribution in [-0.4, -0.2) is 80.1 Å². The average Bonchev–Trinajstić information content (AvgIpc) is 3.66. The number of aliphatic hydroxyl groups excluding tert-OH is 1. The molecule has 2 amide bonds. The highest BCUT2D eigenvalue weighted by Crippen LogP contribution is 2.66. The number of carbonyl (C=O) groups excluding carboxylic acids is 4. The van der Waals surface area contributed by atoms with E-state index in [0.29, 0.717) is 22.4 Å². The number of esters is 2. The molecule has 0 bridgehead atoms. The van der Waals surface area contributed by atoms with Gasteiger partial charge in [-0.25, -0.2) is 9.69 Å². The van der Waals surface area contributed by atoms with Crippen LogP contribution in [0.15, 0.2) is 116 Å². The second-order valence-corrected chi connectivity index (χ2v) is 14.5. The fourth-order valence-electron chi connectivity index (χ4n) is 8.24. The molecule has 0 aromatic heterocycles. The first-order valence-corrected chi connectivity index (χ1v) is 18.8. The number of aliphatic hydroxyl groups is 1. The first-order chi connectivity index (χ1) is 26.8. The van der Waals surface area contributed by atoms with E-state index >= 15 is 4.79 Å². The molecular weight excluding hydrogens is 819 g/mol. The monoisotopic (exact) mass is 858 g/mol. The zero-order valence-corrected chi connectivity index (χ0v) is 32.1. The van der Waals surface area contributed by atoms with Crippen molar-refractivity contribution in [3.63, 3.8) is 0 Å². The summed E-state index contributed by atoms with van der Waals surface area (Å²) < 4.78 is 29.3. The molecule has 284 valence electrons. The SMILES string of the molecule is C=CCOC(=O)C1C2C(=O)OC(c3ccccc3)C(c3ccccc3)N2C(c2ccc(OCCO)cc2)C12C(=O)N(C(=O)OCCOC)c1ccc(I)cc12. The Morgan fingerprint density at radius 2 is 1.56 bits per heavy atom. The van der Waals surface area contributed by atoms with Gasteiger partial charge in [0.15, 0.2) is 0 Å². The van der Waals surface area contributed by atoms with E-state index in [0.717, 1.165) is 14.0 Å². The van der Waals surface area contributed by atoms with Crippen molar-refractivity contribution in [1.82, 2.24) is 4.90 Å². The van der Waals surface area contributed by atoms with Gasteiger partial charge in [-0.1, -0.05) is 85.5 Å². The first kappa shape index (κ1) is 38.2. The summed E-state index contributed by atoms with van der Waals surface area (Å²) in [4.78, 5) is 62.2.